The molecule has 1 aliphatic heterocycles. The Morgan fingerprint density at radius 2 is 2.10 bits per heavy atom. The van der Waals surface area contributed by atoms with Crippen molar-refractivity contribution in [2.45, 2.75) is 53.8 Å². The number of aromatic nitrogens is 2. The van der Waals surface area contributed by atoms with Gasteiger partial charge in [0.2, 0.25) is 0 Å². The van der Waals surface area contributed by atoms with Gasteiger partial charge in [0.15, 0.2) is 0 Å². The van der Waals surface area contributed by atoms with Gasteiger partial charge in [-0.2, -0.15) is 0 Å². The summed E-state index contributed by atoms with van der Waals surface area (Å²) in [5, 5.41) is 11.1. The summed E-state index contributed by atoms with van der Waals surface area (Å²) in [5.74, 6) is 5.38. The summed E-state index contributed by atoms with van der Waals surface area (Å²) in [6.45, 7) is 3.58. The van der Waals surface area contributed by atoms with Crippen molar-refractivity contribution in [3.8, 4) is 11.8 Å². The molecule has 10 heteroatoms. The molecule has 2 heterocycles. The maximum atomic E-state index is 15.4. The molecule has 0 amide bonds. The third-order valence-electron chi connectivity index (χ3n) is 6.31. The first-order chi connectivity index (χ1) is 14.9. The van der Waals surface area contributed by atoms with Crippen molar-refractivity contribution in [1.82, 2.24) is 9.24 Å². The molecule has 1 aliphatic carbocycles. The molecule has 4 rings (SSSR count). The molecule has 2 unspecified atom stereocenters. The van der Waals surface area contributed by atoms with Crippen LogP contribution in [0.3, 0.4) is 0 Å². The van der Waals surface area contributed by atoms with Gasteiger partial charge in [0.05, 0.1) is 0 Å². The minimum absolute atomic E-state index is 0.0538. The van der Waals surface area contributed by atoms with Gasteiger partial charge in [-0.05, 0) is 0 Å². The van der Waals surface area contributed by atoms with Crippen LogP contribution in [0.1, 0.15) is 38.6 Å². The normalized spacial score (nSPS) is 19.5. The average Bonchev–Trinajstić information content (AvgIpc) is 3.49. The second-order valence-corrected chi connectivity index (χ2v) is 14.4. The molecule has 0 bridgehead atoms. The third-order valence-corrected chi connectivity index (χ3v) is 12.7. The molecule has 1 aromatic carbocycles. The Labute approximate surface area is 184 Å². The average molecular weight is 491 g/mol. The number of nitrogen functional groups attached to an aromatic ring is 1. The van der Waals surface area contributed by atoms with E-state index in [4.69, 9.17) is 15.8 Å². The van der Waals surface area contributed by atoms with Crippen LogP contribution >= 0.6 is 0 Å². The molecule has 0 spiro atoms. The van der Waals surface area contributed by atoms with Crippen LogP contribution in [-0.4, -0.2) is 44.1 Å². The predicted molar refractivity (Wildman–Crippen MR) is 119 cm³/mol. The monoisotopic (exact) mass is 491 g/mol. The predicted octanol–water partition coefficient (Wildman–Crippen LogP) is 2.37. The molecular formula is C21H27AsFN5O3. The minimum atomic E-state index is -1.20. The Morgan fingerprint density at radius 1 is 1.35 bits per heavy atom. The zero-order valence-electron chi connectivity index (χ0n) is 17.8. The summed E-state index contributed by atoms with van der Waals surface area (Å²) in [6.07, 6.45) is 3.15. The molecule has 2 atom stereocenters. The Kier molecular flexibility index (Phi) is 6.02. The fourth-order valence-corrected chi connectivity index (χ4v) is 9.86. The summed E-state index contributed by atoms with van der Waals surface area (Å²) in [4.78, 5) is 27.4. The molecule has 31 heavy (non-hydrogen) atoms. The molecule has 0 radical (unpaired) electrons. The standard InChI is InChI=1S/C21H27AsFN5O3/c1-3-22(8-4-9-24)13-7-10-26(12-13)18-16(23)11-15-17(19(18)31-2)27(14-5-6-14)21(30)28(25)20(15)29/h11,13-14H,3-8,10,12,25H2,1-2H3. The van der Waals surface area contributed by atoms with Gasteiger partial charge in [0, 0.05) is 0 Å². The van der Waals surface area contributed by atoms with Crippen LogP contribution < -0.4 is 26.7 Å². The van der Waals surface area contributed by atoms with E-state index in [1.54, 1.807) is 0 Å². The molecule has 2 aliphatic rings. The number of fused-ring (bicyclic) bond motifs is 1. The number of nitrogens with zero attached hydrogens (tertiary/aromatic N) is 4. The summed E-state index contributed by atoms with van der Waals surface area (Å²) >= 11 is -1.20. The fourth-order valence-electron chi connectivity index (χ4n) is 4.63. The van der Waals surface area contributed by atoms with Crippen LogP contribution in [0.2, 0.25) is 15.1 Å². The van der Waals surface area contributed by atoms with Crippen LogP contribution in [0.5, 0.6) is 5.75 Å². The van der Waals surface area contributed by atoms with Gasteiger partial charge in [-0.1, -0.05) is 0 Å². The Hall–Kier alpha value is -2.46. The van der Waals surface area contributed by atoms with Crippen LogP contribution in [0.15, 0.2) is 15.7 Å². The van der Waals surface area contributed by atoms with E-state index in [9.17, 15) is 9.59 Å². The maximum absolute atomic E-state index is 15.4. The number of nitrogens with two attached hydrogens (primary N) is 1. The van der Waals surface area contributed by atoms with Crippen LogP contribution in [0.25, 0.3) is 10.9 Å². The molecule has 1 saturated heterocycles. The van der Waals surface area contributed by atoms with Crippen molar-refractivity contribution in [3.05, 3.63) is 32.7 Å². The zero-order chi connectivity index (χ0) is 22.3. The van der Waals surface area contributed by atoms with Crippen molar-refractivity contribution in [3.63, 3.8) is 0 Å². The number of rotatable bonds is 7. The van der Waals surface area contributed by atoms with Gasteiger partial charge in [0.25, 0.3) is 0 Å². The molecule has 2 N–H and O–H groups in total. The second-order valence-electron chi connectivity index (χ2n) is 8.12. The summed E-state index contributed by atoms with van der Waals surface area (Å²) in [7, 11) is 1.44. The first kappa shape index (κ1) is 21.8. The SMILES string of the molecule is CC[As](CCC#N)C1CCN(c2c(F)cc3c(=O)n(N)c(=O)n(C4CC4)c3c2OC)C1. The van der Waals surface area contributed by atoms with Gasteiger partial charge in [-0.25, -0.2) is 0 Å². The Bertz CT molecular complexity index is 1170. The quantitative estimate of drug-likeness (QED) is 0.471. The van der Waals surface area contributed by atoms with E-state index in [0.29, 0.717) is 40.1 Å². The van der Waals surface area contributed by atoms with Crippen LogP contribution in [0.4, 0.5) is 10.1 Å². The van der Waals surface area contributed by atoms with E-state index in [1.165, 1.54) is 17.7 Å². The van der Waals surface area contributed by atoms with E-state index in [1.807, 2.05) is 4.90 Å². The zero-order valence-corrected chi connectivity index (χ0v) is 19.7. The second kappa shape index (κ2) is 8.58. The van der Waals surface area contributed by atoms with Crippen molar-refractivity contribution in [1.29, 1.82) is 5.26 Å². The topological polar surface area (TPSA) is 106 Å². The first-order valence-electron chi connectivity index (χ1n) is 10.6. The number of methoxy groups -OCH3 is 1. The number of nitriles is 1. The number of halogens is 1. The van der Waals surface area contributed by atoms with Crippen molar-refractivity contribution in [2.24, 2.45) is 0 Å². The summed E-state index contributed by atoms with van der Waals surface area (Å²) < 4.78 is 23.5. The molecule has 166 valence electrons. The van der Waals surface area contributed by atoms with Gasteiger partial charge in [-0.15, -0.1) is 0 Å². The van der Waals surface area contributed by atoms with Crippen molar-refractivity contribution >= 4 is 31.2 Å². The fraction of sp³-hybridized carbons (Fsp3) is 0.571. The molecule has 1 aromatic heterocycles. The number of hydrogen-bond acceptors (Lipinski definition) is 6. The van der Waals surface area contributed by atoms with Gasteiger partial charge in [-0.3, -0.25) is 0 Å². The number of anilines is 1. The Morgan fingerprint density at radius 3 is 2.71 bits per heavy atom. The van der Waals surface area contributed by atoms with E-state index in [0.717, 1.165) is 29.7 Å². The van der Waals surface area contributed by atoms with Crippen molar-refractivity contribution < 1.29 is 9.13 Å². The van der Waals surface area contributed by atoms with Gasteiger partial charge < -0.3 is 0 Å². The summed E-state index contributed by atoms with van der Waals surface area (Å²) in [6, 6.07) is 3.38. The molecular weight excluding hydrogens is 464 g/mol. The third kappa shape index (κ3) is 3.71. The Balaban J connectivity index is 1.83. The number of hydrogen-bond donors (Lipinski definition) is 1. The van der Waals surface area contributed by atoms with Gasteiger partial charge in [0.1, 0.15) is 0 Å². The van der Waals surface area contributed by atoms with E-state index in [2.05, 4.69) is 13.0 Å². The first-order valence-corrected chi connectivity index (χ1v) is 14.3. The molecule has 1 saturated carbocycles. The number of ether oxygens (including phenoxy) is 1. The summed E-state index contributed by atoms with van der Waals surface area (Å²) in [5.41, 5.74) is -0.692. The number of benzene rings is 1. The van der Waals surface area contributed by atoms with E-state index >= 15 is 4.39 Å². The van der Waals surface area contributed by atoms with Crippen LogP contribution in [-0.2, 0) is 0 Å². The van der Waals surface area contributed by atoms with E-state index < -0.39 is 31.7 Å². The van der Waals surface area contributed by atoms with Gasteiger partial charge >= 0.3 is 184 Å². The van der Waals surface area contributed by atoms with E-state index in [-0.39, 0.29) is 17.2 Å². The molecule has 8 nitrogen and oxygen atoms in total. The van der Waals surface area contributed by atoms with Crippen LogP contribution in [0, 0.1) is 17.1 Å². The molecule has 2 fully saturated rings. The van der Waals surface area contributed by atoms with Crippen molar-refractivity contribution in [2.75, 3.05) is 30.9 Å². The molecule has 2 aromatic rings.